The number of carbonyl (C=O) groups is 4. The lowest BCUT2D eigenvalue weighted by atomic mass is 10.1. The molecule has 4 rings (SSSR count). The number of hydrogen-bond acceptors (Lipinski definition) is 12. The van der Waals surface area contributed by atoms with Crippen molar-refractivity contribution in [3.8, 4) is 17.2 Å². The third kappa shape index (κ3) is 9.04. The van der Waals surface area contributed by atoms with Gasteiger partial charge in [0.15, 0.2) is 11.6 Å². The van der Waals surface area contributed by atoms with Gasteiger partial charge in [-0.15, -0.1) is 5.06 Å². The molecular formula is C29H36N8O7. The average Bonchev–Trinajstić information content (AvgIpc) is 3.54. The Labute approximate surface area is 254 Å². The van der Waals surface area contributed by atoms with Crippen molar-refractivity contribution in [1.82, 2.24) is 40.0 Å². The Morgan fingerprint density at radius 1 is 1.02 bits per heavy atom. The zero-order chi connectivity index (χ0) is 31.7. The van der Waals surface area contributed by atoms with Crippen molar-refractivity contribution in [2.75, 3.05) is 32.8 Å². The van der Waals surface area contributed by atoms with Gasteiger partial charge in [0.25, 0.3) is 5.91 Å². The number of carbonyl (C=O) groups excluding carboxylic acids is 4. The highest BCUT2D eigenvalue weighted by Gasteiger charge is 2.31. The first-order valence-corrected chi connectivity index (χ1v) is 14.2. The fourth-order valence-electron chi connectivity index (χ4n) is 4.33. The first-order valence-electron chi connectivity index (χ1n) is 14.2. The zero-order valence-corrected chi connectivity index (χ0v) is 25.1. The SMILES string of the molecule is CCOC(=O)ON1CCN(C(=O)[C@H](CCC(=O)OC(C)(C)C)NC(=O)c2cc(-n3cncn3)nc(-c3ccccc3)n2)CC1. The topological polar surface area (TPSA) is 171 Å². The van der Waals surface area contributed by atoms with E-state index >= 15 is 0 Å². The van der Waals surface area contributed by atoms with Crippen molar-refractivity contribution in [2.24, 2.45) is 0 Å². The first-order chi connectivity index (χ1) is 21.0. The predicted octanol–water partition coefficient (Wildman–Crippen LogP) is 2.18. The molecule has 1 N–H and O–H groups in total. The molecule has 44 heavy (non-hydrogen) atoms. The van der Waals surface area contributed by atoms with Gasteiger partial charge < -0.3 is 24.5 Å². The van der Waals surface area contributed by atoms with Crippen LogP contribution in [0.25, 0.3) is 17.2 Å². The molecule has 3 aromatic rings. The number of hydrogen-bond donors (Lipinski definition) is 1. The van der Waals surface area contributed by atoms with E-state index < -0.39 is 35.6 Å². The first kappa shape index (κ1) is 32.0. The Morgan fingerprint density at radius 3 is 2.39 bits per heavy atom. The van der Waals surface area contributed by atoms with Crippen molar-refractivity contribution >= 4 is 23.9 Å². The van der Waals surface area contributed by atoms with Gasteiger partial charge in [-0.25, -0.2) is 24.4 Å². The van der Waals surface area contributed by atoms with E-state index in [1.807, 2.05) is 18.2 Å². The Bertz CT molecular complexity index is 1440. The quantitative estimate of drug-likeness (QED) is 0.333. The van der Waals surface area contributed by atoms with Gasteiger partial charge in [-0.2, -0.15) is 5.10 Å². The maximum absolute atomic E-state index is 13.7. The van der Waals surface area contributed by atoms with Crippen LogP contribution in [0.3, 0.4) is 0 Å². The Morgan fingerprint density at radius 2 is 1.75 bits per heavy atom. The van der Waals surface area contributed by atoms with E-state index in [2.05, 4.69) is 25.4 Å². The summed E-state index contributed by atoms with van der Waals surface area (Å²) in [4.78, 5) is 71.2. The molecule has 1 atom stereocenters. The van der Waals surface area contributed by atoms with Gasteiger partial charge in [0.05, 0.1) is 19.7 Å². The maximum Gasteiger partial charge on any atom is 0.527 e. The number of piperazine rings is 1. The second-order valence-electron chi connectivity index (χ2n) is 10.8. The van der Waals surface area contributed by atoms with Gasteiger partial charge in [0.1, 0.15) is 30.0 Å². The third-order valence-electron chi connectivity index (χ3n) is 6.31. The van der Waals surface area contributed by atoms with Crippen LogP contribution in [0.2, 0.25) is 0 Å². The summed E-state index contributed by atoms with van der Waals surface area (Å²) < 4.78 is 11.6. The van der Waals surface area contributed by atoms with Crippen molar-refractivity contribution in [3.05, 3.63) is 54.7 Å². The molecule has 2 aromatic heterocycles. The van der Waals surface area contributed by atoms with E-state index in [0.29, 0.717) is 11.4 Å². The summed E-state index contributed by atoms with van der Waals surface area (Å²) in [6, 6.07) is 9.48. The summed E-state index contributed by atoms with van der Waals surface area (Å²) in [6.07, 6.45) is 1.85. The Balaban J connectivity index is 1.54. The van der Waals surface area contributed by atoms with Gasteiger partial charge in [0.2, 0.25) is 5.91 Å². The van der Waals surface area contributed by atoms with Crippen LogP contribution in [0, 0.1) is 0 Å². The highest BCUT2D eigenvalue weighted by atomic mass is 16.8. The van der Waals surface area contributed by atoms with Gasteiger partial charge in [0, 0.05) is 31.1 Å². The summed E-state index contributed by atoms with van der Waals surface area (Å²) in [5.74, 6) is -0.961. The molecule has 0 unspecified atom stereocenters. The molecule has 234 valence electrons. The number of aromatic nitrogens is 5. The molecule has 15 heteroatoms. The third-order valence-corrected chi connectivity index (χ3v) is 6.31. The number of nitrogens with one attached hydrogen (secondary N) is 1. The van der Waals surface area contributed by atoms with Gasteiger partial charge in [-0.05, 0) is 34.1 Å². The van der Waals surface area contributed by atoms with Crippen molar-refractivity contribution in [2.45, 2.75) is 52.2 Å². The lowest BCUT2D eigenvalue weighted by molar-refractivity contribution is -0.158. The molecule has 1 saturated heterocycles. The smallest absolute Gasteiger partial charge is 0.460 e. The fraction of sp³-hybridized carbons (Fsp3) is 0.448. The van der Waals surface area contributed by atoms with Gasteiger partial charge in [-0.3, -0.25) is 14.4 Å². The van der Waals surface area contributed by atoms with Crippen LogP contribution in [-0.4, -0.2) is 103 Å². The minimum absolute atomic E-state index is 0.00734. The highest BCUT2D eigenvalue weighted by Crippen LogP contribution is 2.18. The molecule has 0 aliphatic carbocycles. The summed E-state index contributed by atoms with van der Waals surface area (Å²) in [5, 5.41) is 8.29. The van der Waals surface area contributed by atoms with Crippen molar-refractivity contribution < 1.29 is 33.5 Å². The van der Waals surface area contributed by atoms with Crippen molar-refractivity contribution in [3.63, 3.8) is 0 Å². The van der Waals surface area contributed by atoms with Crippen LogP contribution in [0.1, 0.15) is 51.0 Å². The number of amides is 2. The molecule has 0 spiro atoms. The molecule has 1 aliphatic rings. The Kier molecular flexibility index (Phi) is 10.6. The van der Waals surface area contributed by atoms with Crippen LogP contribution in [0.5, 0.6) is 0 Å². The van der Waals surface area contributed by atoms with Crippen LogP contribution in [0.15, 0.2) is 49.1 Å². The number of hydroxylamine groups is 2. The fourth-order valence-corrected chi connectivity index (χ4v) is 4.33. The lowest BCUT2D eigenvalue weighted by Gasteiger charge is -2.35. The largest absolute Gasteiger partial charge is 0.527 e. The normalized spacial score (nSPS) is 14.4. The van der Waals surface area contributed by atoms with E-state index in [9.17, 15) is 19.2 Å². The van der Waals surface area contributed by atoms with Gasteiger partial charge in [-0.1, -0.05) is 30.3 Å². The molecule has 2 amide bonds. The maximum atomic E-state index is 13.7. The van der Waals surface area contributed by atoms with Crippen LogP contribution in [-0.2, 0) is 23.9 Å². The molecule has 0 bridgehead atoms. The summed E-state index contributed by atoms with van der Waals surface area (Å²) in [6.45, 7) is 8.02. The monoisotopic (exact) mass is 608 g/mol. The lowest BCUT2D eigenvalue weighted by Crippen LogP contribution is -2.55. The van der Waals surface area contributed by atoms with Crippen LogP contribution < -0.4 is 5.32 Å². The number of esters is 1. The van der Waals surface area contributed by atoms with Crippen molar-refractivity contribution in [1.29, 1.82) is 0 Å². The van der Waals surface area contributed by atoms with E-state index in [-0.39, 0.29) is 57.1 Å². The van der Waals surface area contributed by atoms with Crippen LogP contribution in [0.4, 0.5) is 4.79 Å². The summed E-state index contributed by atoms with van der Waals surface area (Å²) >= 11 is 0. The number of benzene rings is 1. The van der Waals surface area contributed by atoms with Gasteiger partial charge >= 0.3 is 12.1 Å². The Hall–Kier alpha value is -4.92. The minimum atomic E-state index is -1.07. The molecule has 0 radical (unpaired) electrons. The molecule has 1 aromatic carbocycles. The number of ether oxygens (including phenoxy) is 2. The molecule has 1 aliphatic heterocycles. The average molecular weight is 609 g/mol. The number of nitrogens with zero attached hydrogens (tertiary/aromatic N) is 7. The number of rotatable bonds is 10. The second-order valence-corrected chi connectivity index (χ2v) is 10.8. The van der Waals surface area contributed by atoms with E-state index in [1.165, 1.54) is 28.5 Å². The molecule has 0 saturated carbocycles. The van der Waals surface area contributed by atoms with Crippen LogP contribution >= 0.6 is 0 Å². The van der Waals surface area contributed by atoms with E-state index in [0.717, 1.165) is 0 Å². The molecule has 1 fully saturated rings. The minimum Gasteiger partial charge on any atom is -0.460 e. The van der Waals surface area contributed by atoms with E-state index in [1.54, 1.807) is 44.7 Å². The summed E-state index contributed by atoms with van der Waals surface area (Å²) in [5.41, 5.74) is -0.0437. The molecule has 3 heterocycles. The second kappa shape index (κ2) is 14.5. The predicted molar refractivity (Wildman–Crippen MR) is 155 cm³/mol. The van der Waals surface area contributed by atoms with E-state index in [4.69, 9.17) is 14.3 Å². The molecular weight excluding hydrogens is 572 g/mol. The summed E-state index contributed by atoms with van der Waals surface area (Å²) in [7, 11) is 0. The highest BCUT2D eigenvalue weighted by molar-refractivity contribution is 5.97. The zero-order valence-electron chi connectivity index (χ0n) is 25.1. The molecule has 15 nitrogen and oxygen atoms in total. The standard InChI is InChI=1S/C29H36N8O7/c1-5-42-28(41)44-36-15-13-35(14-16-36)27(40)21(11-12-24(38)43-29(2,3)4)33-26(39)22-17-23(37-19-30-18-31-37)34-25(32-22)20-9-7-6-8-10-20/h6-10,17-19,21H,5,11-16H2,1-4H3,(H,33,39)/t21-/m0/s1.